The first-order chi connectivity index (χ1) is 10.4. The largest absolute Gasteiger partial charge is 0.241 e. The lowest BCUT2D eigenvalue weighted by molar-refractivity contribution is 0.568. The van der Waals surface area contributed by atoms with Gasteiger partial charge in [-0.2, -0.15) is 9.98 Å². The Morgan fingerprint density at radius 1 is 1.23 bits per heavy atom. The number of nitrogens with one attached hydrogen (secondary N) is 1. The molecule has 1 atom stereocenters. The van der Waals surface area contributed by atoms with Crippen LogP contribution in [-0.2, 0) is 16.4 Å². The second-order valence-corrected chi connectivity index (χ2v) is 6.67. The normalized spacial score (nSPS) is 12.6. The Labute approximate surface area is 129 Å². The zero-order valence-electron chi connectivity index (χ0n) is 12.0. The molecule has 1 N–H and O–H groups in total. The van der Waals surface area contributed by atoms with Crippen molar-refractivity contribution in [3.8, 4) is 6.07 Å². The molecule has 0 fully saturated rings. The Morgan fingerprint density at radius 2 is 1.91 bits per heavy atom. The second kappa shape index (κ2) is 6.69. The van der Waals surface area contributed by atoms with Gasteiger partial charge in [-0.05, 0) is 36.2 Å². The topological polar surface area (TPSA) is 70.0 Å². The minimum atomic E-state index is -3.95. The first-order valence-corrected chi connectivity index (χ1v) is 8.12. The SMILES string of the molecule is Cc1cc(F)cc(S(=O)(=O)N[C@@H](C#N)Cc2ccccc2)c1. The lowest BCUT2D eigenvalue weighted by Gasteiger charge is -2.13. The average molecular weight is 318 g/mol. The number of halogens is 1. The molecule has 0 aliphatic carbocycles. The minimum Gasteiger partial charge on any atom is -0.207 e. The fourth-order valence-corrected chi connectivity index (χ4v) is 3.33. The zero-order valence-corrected chi connectivity index (χ0v) is 12.8. The van der Waals surface area contributed by atoms with Gasteiger partial charge in [-0.25, -0.2) is 12.8 Å². The van der Waals surface area contributed by atoms with Crippen molar-refractivity contribution in [2.24, 2.45) is 0 Å². The summed E-state index contributed by atoms with van der Waals surface area (Å²) in [6, 6.07) is 13.6. The van der Waals surface area contributed by atoms with Crippen molar-refractivity contribution < 1.29 is 12.8 Å². The number of benzene rings is 2. The summed E-state index contributed by atoms with van der Waals surface area (Å²) in [5, 5.41) is 9.16. The van der Waals surface area contributed by atoms with Gasteiger partial charge < -0.3 is 0 Å². The van der Waals surface area contributed by atoms with Crippen molar-refractivity contribution in [3.63, 3.8) is 0 Å². The van der Waals surface area contributed by atoms with Gasteiger partial charge >= 0.3 is 0 Å². The molecule has 0 unspecified atom stereocenters. The first kappa shape index (κ1) is 16.1. The maximum atomic E-state index is 13.4. The summed E-state index contributed by atoms with van der Waals surface area (Å²) < 4.78 is 40.2. The van der Waals surface area contributed by atoms with Crippen molar-refractivity contribution in [2.45, 2.75) is 24.3 Å². The Morgan fingerprint density at radius 3 is 2.50 bits per heavy atom. The third kappa shape index (κ3) is 4.13. The predicted octanol–water partition coefficient (Wildman–Crippen LogP) is 2.55. The molecule has 22 heavy (non-hydrogen) atoms. The smallest absolute Gasteiger partial charge is 0.207 e. The van der Waals surface area contributed by atoms with Crippen LogP contribution in [0.3, 0.4) is 0 Å². The van der Waals surface area contributed by atoms with Gasteiger partial charge in [0.05, 0.1) is 11.0 Å². The molecule has 0 aliphatic rings. The number of hydrogen-bond acceptors (Lipinski definition) is 3. The van der Waals surface area contributed by atoms with Crippen LogP contribution in [-0.4, -0.2) is 14.5 Å². The van der Waals surface area contributed by atoms with Crippen LogP contribution in [0.5, 0.6) is 0 Å². The lowest BCUT2D eigenvalue weighted by Crippen LogP contribution is -2.35. The van der Waals surface area contributed by atoms with E-state index in [9.17, 15) is 12.8 Å². The molecule has 2 aromatic carbocycles. The summed E-state index contributed by atoms with van der Waals surface area (Å²) in [7, 11) is -3.95. The monoisotopic (exact) mass is 318 g/mol. The van der Waals surface area contributed by atoms with E-state index in [0.29, 0.717) is 5.56 Å². The third-order valence-electron chi connectivity index (χ3n) is 3.06. The molecule has 0 spiro atoms. The van der Waals surface area contributed by atoms with E-state index in [1.54, 1.807) is 6.92 Å². The third-order valence-corrected chi connectivity index (χ3v) is 4.51. The highest BCUT2D eigenvalue weighted by molar-refractivity contribution is 7.89. The van der Waals surface area contributed by atoms with Crippen LogP contribution in [0.25, 0.3) is 0 Å². The summed E-state index contributed by atoms with van der Waals surface area (Å²) >= 11 is 0. The average Bonchev–Trinajstić information content (AvgIpc) is 2.46. The zero-order chi connectivity index (χ0) is 16.2. The van der Waals surface area contributed by atoms with Crippen molar-refractivity contribution in [3.05, 3.63) is 65.5 Å². The van der Waals surface area contributed by atoms with Crippen LogP contribution < -0.4 is 4.72 Å². The maximum Gasteiger partial charge on any atom is 0.241 e. The summed E-state index contributed by atoms with van der Waals surface area (Å²) in [5.74, 6) is -0.628. The Kier molecular flexibility index (Phi) is 4.91. The maximum absolute atomic E-state index is 13.4. The number of hydrogen-bond donors (Lipinski definition) is 1. The molecule has 0 saturated heterocycles. The minimum absolute atomic E-state index is 0.182. The number of sulfonamides is 1. The van der Waals surface area contributed by atoms with Gasteiger partial charge in [-0.15, -0.1) is 0 Å². The highest BCUT2D eigenvalue weighted by Gasteiger charge is 2.21. The van der Waals surface area contributed by atoms with Gasteiger partial charge in [0.1, 0.15) is 11.9 Å². The molecule has 0 heterocycles. The Balaban J connectivity index is 2.21. The molecule has 114 valence electrons. The van der Waals surface area contributed by atoms with Crippen LogP contribution in [0.1, 0.15) is 11.1 Å². The Hall–Kier alpha value is -2.23. The predicted molar refractivity (Wildman–Crippen MR) is 81.0 cm³/mol. The molecule has 6 heteroatoms. The van der Waals surface area contributed by atoms with E-state index in [-0.39, 0.29) is 11.3 Å². The van der Waals surface area contributed by atoms with Gasteiger partial charge in [0.15, 0.2) is 0 Å². The number of nitriles is 1. The Bertz CT molecular complexity index is 778. The van der Waals surface area contributed by atoms with Gasteiger partial charge in [0, 0.05) is 6.42 Å². The molecule has 0 saturated carbocycles. The van der Waals surface area contributed by atoms with Crippen molar-refractivity contribution in [1.29, 1.82) is 5.26 Å². The fourth-order valence-electron chi connectivity index (χ4n) is 2.08. The molecule has 2 aromatic rings. The van der Waals surface area contributed by atoms with Crippen LogP contribution in [0.2, 0.25) is 0 Å². The molecule has 0 amide bonds. The first-order valence-electron chi connectivity index (χ1n) is 6.64. The number of nitrogens with zero attached hydrogens (tertiary/aromatic N) is 1. The number of rotatable bonds is 5. The lowest BCUT2D eigenvalue weighted by atomic mass is 10.1. The molecule has 4 nitrogen and oxygen atoms in total. The van der Waals surface area contributed by atoms with Gasteiger partial charge in [0.2, 0.25) is 10.0 Å². The number of aryl methyl sites for hydroxylation is 1. The van der Waals surface area contributed by atoms with Crippen LogP contribution in [0, 0.1) is 24.1 Å². The van der Waals surface area contributed by atoms with Crippen molar-refractivity contribution in [2.75, 3.05) is 0 Å². The molecule has 0 bridgehead atoms. The molecule has 2 rings (SSSR count). The van der Waals surface area contributed by atoms with Crippen LogP contribution in [0.4, 0.5) is 4.39 Å². The van der Waals surface area contributed by atoms with E-state index < -0.39 is 21.9 Å². The molecular formula is C16H15FN2O2S. The van der Waals surface area contributed by atoms with Gasteiger partial charge in [-0.3, -0.25) is 0 Å². The molecular weight excluding hydrogens is 303 g/mol. The van der Waals surface area contributed by atoms with E-state index >= 15 is 0 Å². The van der Waals surface area contributed by atoms with E-state index in [1.807, 2.05) is 36.4 Å². The van der Waals surface area contributed by atoms with E-state index in [4.69, 9.17) is 5.26 Å². The summed E-state index contributed by atoms with van der Waals surface area (Å²) in [4.78, 5) is -0.182. The van der Waals surface area contributed by atoms with E-state index in [0.717, 1.165) is 11.6 Å². The van der Waals surface area contributed by atoms with Crippen LogP contribution >= 0.6 is 0 Å². The standard InChI is InChI=1S/C16H15FN2O2S/c1-12-7-14(17)10-16(8-12)22(20,21)19-15(11-18)9-13-5-3-2-4-6-13/h2-8,10,15,19H,9H2,1H3/t15-/m1/s1. The van der Waals surface area contributed by atoms with Crippen LogP contribution in [0.15, 0.2) is 53.4 Å². The highest BCUT2D eigenvalue weighted by atomic mass is 32.2. The second-order valence-electron chi connectivity index (χ2n) is 4.96. The molecule has 0 aliphatic heterocycles. The van der Waals surface area contributed by atoms with E-state index in [1.165, 1.54) is 12.1 Å². The molecule has 0 aromatic heterocycles. The summed E-state index contributed by atoms with van der Waals surface area (Å²) in [5.41, 5.74) is 1.34. The van der Waals surface area contributed by atoms with E-state index in [2.05, 4.69) is 4.72 Å². The van der Waals surface area contributed by atoms with Crippen molar-refractivity contribution in [1.82, 2.24) is 4.72 Å². The summed E-state index contributed by atoms with van der Waals surface area (Å²) in [6.07, 6.45) is 0.241. The van der Waals surface area contributed by atoms with Crippen molar-refractivity contribution >= 4 is 10.0 Å². The van der Waals surface area contributed by atoms with Gasteiger partial charge in [0.25, 0.3) is 0 Å². The summed E-state index contributed by atoms with van der Waals surface area (Å²) in [6.45, 7) is 1.61. The highest BCUT2D eigenvalue weighted by Crippen LogP contribution is 2.15. The quantitative estimate of drug-likeness (QED) is 0.921. The molecule has 0 radical (unpaired) electrons. The fraction of sp³-hybridized carbons (Fsp3) is 0.188. The van der Waals surface area contributed by atoms with Gasteiger partial charge in [-0.1, -0.05) is 30.3 Å².